The molecule has 0 fully saturated rings. The van der Waals surface area contributed by atoms with Gasteiger partial charge in [0.15, 0.2) is 0 Å². The van der Waals surface area contributed by atoms with Crippen molar-refractivity contribution >= 4 is 17.7 Å². The Bertz CT molecular complexity index is 1020. The molecule has 0 amide bonds. The third kappa shape index (κ3) is 4.93. The van der Waals surface area contributed by atoms with Gasteiger partial charge in [-0.05, 0) is 54.2 Å². The van der Waals surface area contributed by atoms with Crippen LogP contribution < -0.4 is 0 Å². The first-order valence-electron chi connectivity index (χ1n) is 9.39. The van der Waals surface area contributed by atoms with E-state index in [0.29, 0.717) is 10.6 Å². The molecule has 158 valence electrons. The van der Waals surface area contributed by atoms with Gasteiger partial charge >= 0.3 is 6.18 Å². The van der Waals surface area contributed by atoms with Gasteiger partial charge in [-0.2, -0.15) is 18.3 Å². The molecule has 30 heavy (non-hydrogen) atoms. The fraction of sp³-hybridized carbons (Fsp3) is 0.261. The van der Waals surface area contributed by atoms with Crippen LogP contribution in [0.5, 0.6) is 0 Å². The van der Waals surface area contributed by atoms with E-state index in [2.05, 4.69) is 11.7 Å². The number of H-pyrrole nitrogens is 1. The quantitative estimate of drug-likeness (QED) is 0.394. The van der Waals surface area contributed by atoms with Gasteiger partial charge in [0.25, 0.3) is 0 Å². The van der Waals surface area contributed by atoms with Gasteiger partial charge in [-0.15, -0.1) is 0 Å². The van der Waals surface area contributed by atoms with Crippen LogP contribution in [-0.2, 0) is 24.7 Å². The number of alkyl halides is 4. The van der Waals surface area contributed by atoms with E-state index in [1.54, 1.807) is 30.3 Å². The number of hydrogen-bond donors (Lipinski definition) is 1. The summed E-state index contributed by atoms with van der Waals surface area (Å²) < 4.78 is 56.6. The molecule has 0 aliphatic rings. The maximum Gasteiger partial charge on any atom is 0.433 e. The third-order valence-electron chi connectivity index (χ3n) is 5.17. The predicted molar refractivity (Wildman–Crippen MR) is 111 cm³/mol. The highest BCUT2D eigenvalue weighted by molar-refractivity contribution is 6.30. The Kier molecular flexibility index (Phi) is 6.36. The van der Waals surface area contributed by atoms with E-state index >= 15 is 4.39 Å². The molecular formula is C23H21ClF4N2. The van der Waals surface area contributed by atoms with E-state index in [-0.39, 0.29) is 19.3 Å². The average molecular weight is 437 g/mol. The van der Waals surface area contributed by atoms with Crippen LogP contribution in [0.4, 0.5) is 17.6 Å². The second kappa shape index (κ2) is 8.64. The van der Waals surface area contributed by atoms with E-state index in [1.165, 1.54) is 0 Å². The average Bonchev–Trinajstić information content (AvgIpc) is 3.20. The molecule has 3 rings (SSSR count). The minimum absolute atomic E-state index is 0.134. The number of aromatic amines is 1. The van der Waals surface area contributed by atoms with Crippen molar-refractivity contribution in [2.45, 2.75) is 38.0 Å². The molecule has 0 saturated carbocycles. The van der Waals surface area contributed by atoms with Gasteiger partial charge in [0.2, 0.25) is 0 Å². The van der Waals surface area contributed by atoms with Crippen molar-refractivity contribution in [1.29, 1.82) is 0 Å². The summed E-state index contributed by atoms with van der Waals surface area (Å²) in [5.74, 6) is 0. The fourth-order valence-electron chi connectivity index (χ4n) is 3.55. The molecular weight excluding hydrogens is 416 g/mol. The molecule has 7 heteroatoms. The fourth-order valence-corrected chi connectivity index (χ4v) is 3.68. The van der Waals surface area contributed by atoms with E-state index in [0.717, 1.165) is 22.9 Å². The highest BCUT2D eigenvalue weighted by atomic mass is 35.5. The summed E-state index contributed by atoms with van der Waals surface area (Å²) in [6.07, 6.45) is -2.16. The molecule has 1 heterocycles. The summed E-state index contributed by atoms with van der Waals surface area (Å²) in [6.45, 7) is 5.65. The second-order valence-corrected chi connectivity index (χ2v) is 7.76. The molecule has 2 nitrogen and oxygen atoms in total. The maximum atomic E-state index is 16.3. The molecule has 3 aromatic rings. The molecule has 1 aromatic heterocycles. The summed E-state index contributed by atoms with van der Waals surface area (Å²) in [4.78, 5) is 0. The Labute approximate surface area is 177 Å². The van der Waals surface area contributed by atoms with Crippen molar-refractivity contribution in [1.82, 2.24) is 10.2 Å². The smallest absolute Gasteiger partial charge is 0.273 e. The summed E-state index contributed by atoms with van der Waals surface area (Å²) in [5, 5.41) is 5.88. The zero-order valence-electron chi connectivity index (χ0n) is 16.4. The number of hydrogen-bond acceptors (Lipinski definition) is 1. The first kappa shape index (κ1) is 22.1. The van der Waals surface area contributed by atoms with Crippen LogP contribution in [0.2, 0.25) is 5.02 Å². The van der Waals surface area contributed by atoms with Crippen molar-refractivity contribution in [3.05, 3.63) is 93.8 Å². The third-order valence-corrected chi connectivity index (χ3v) is 5.42. The van der Waals surface area contributed by atoms with Crippen LogP contribution in [0.1, 0.15) is 39.9 Å². The standard InChI is InChI=1S/C23H21ClF4N2/c1-3-18-7-4-16(12-15(18)2)10-11-22(25,13-17-5-8-19(24)9-6-17)20-14-29-30-21(20)23(26,27)28/h3-9,12,14H,1,10-11,13H2,2H3,(H,29,30). The van der Waals surface area contributed by atoms with Crippen molar-refractivity contribution in [2.75, 3.05) is 0 Å². The molecule has 1 unspecified atom stereocenters. The number of halogens is 5. The predicted octanol–water partition coefficient (Wildman–Crippen LogP) is 7.07. The van der Waals surface area contributed by atoms with Crippen LogP contribution in [0.25, 0.3) is 6.08 Å². The minimum Gasteiger partial charge on any atom is -0.273 e. The first-order chi connectivity index (χ1) is 14.1. The zero-order valence-corrected chi connectivity index (χ0v) is 17.1. The Morgan fingerprint density at radius 2 is 1.73 bits per heavy atom. The molecule has 2 aromatic carbocycles. The Hall–Kier alpha value is -2.60. The van der Waals surface area contributed by atoms with Gasteiger partial charge in [-0.3, -0.25) is 5.10 Å². The van der Waals surface area contributed by atoms with Gasteiger partial charge in [-0.25, -0.2) is 4.39 Å². The number of benzene rings is 2. The van der Waals surface area contributed by atoms with Crippen molar-refractivity contribution in [3.8, 4) is 0 Å². The van der Waals surface area contributed by atoms with Gasteiger partial charge in [-0.1, -0.05) is 54.6 Å². The second-order valence-electron chi connectivity index (χ2n) is 7.32. The van der Waals surface area contributed by atoms with Crippen molar-refractivity contribution in [2.24, 2.45) is 0 Å². The van der Waals surface area contributed by atoms with E-state index in [1.807, 2.05) is 30.2 Å². The molecule has 0 saturated heterocycles. The largest absolute Gasteiger partial charge is 0.433 e. The number of aromatic nitrogens is 2. The zero-order chi connectivity index (χ0) is 21.9. The number of rotatable bonds is 7. The van der Waals surface area contributed by atoms with Gasteiger partial charge in [0.1, 0.15) is 11.4 Å². The van der Waals surface area contributed by atoms with E-state index < -0.39 is 23.1 Å². The van der Waals surface area contributed by atoms with E-state index in [9.17, 15) is 13.2 Å². The lowest BCUT2D eigenvalue weighted by Gasteiger charge is -2.27. The highest BCUT2D eigenvalue weighted by Crippen LogP contribution is 2.41. The van der Waals surface area contributed by atoms with Crippen LogP contribution in [0.15, 0.2) is 55.2 Å². The molecule has 1 N–H and O–H groups in total. The monoisotopic (exact) mass is 436 g/mol. The Morgan fingerprint density at radius 3 is 2.33 bits per heavy atom. The Balaban J connectivity index is 1.95. The number of nitrogens with zero attached hydrogens (tertiary/aromatic N) is 1. The molecule has 0 aliphatic heterocycles. The lowest BCUT2D eigenvalue weighted by atomic mass is 9.84. The summed E-state index contributed by atoms with van der Waals surface area (Å²) in [6, 6.07) is 12.0. The Morgan fingerprint density at radius 1 is 1.07 bits per heavy atom. The van der Waals surface area contributed by atoms with Crippen molar-refractivity contribution < 1.29 is 17.6 Å². The van der Waals surface area contributed by atoms with Crippen molar-refractivity contribution in [3.63, 3.8) is 0 Å². The number of aryl methyl sites for hydroxylation is 2. The van der Waals surface area contributed by atoms with Crippen LogP contribution in [0.3, 0.4) is 0 Å². The highest BCUT2D eigenvalue weighted by Gasteiger charge is 2.44. The van der Waals surface area contributed by atoms with Gasteiger partial charge < -0.3 is 0 Å². The van der Waals surface area contributed by atoms with Gasteiger partial charge in [0, 0.05) is 17.0 Å². The van der Waals surface area contributed by atoms with Crippen LogP contribution in [-0.4, -0.2) is 10.2 Å². The summed E-state index contributed by atoms with van der Waals surface area (Å²) >= 11 is 5.88. The normalized spacial score (nSPS) is 13.8. The van der Waals surface area contributed by atoms with Crippen LogP contribution in [0, 0.1) is 6.92 Å². The maximum absolute atomic E-state index is 16.3. The van der Waals surface area contributed by atoms with Gasteiger partial charge in [0.05, 0.1) is 6.20 Å². The first-order valence-corrected chi connectivity index (χ1v) is 9.76. The summed E-state index contributed by atoms with van der Waals surface area (Å²) in [5.41, 5.74) is -0.578. The molecule has 0 bridgehead atoms. The topological polar surface area (TPSA) is 28.7 Å². The lowest BCUT2D eigenvalue weighted by Crippen LogP contribution is -2.27. The summed E-state index contributed by atoms with van der Waals surface area (Å²) in [7, 11) is 0. The molecule has 0 radical (unpaired) electrons. The molecule has 1 atom stereocenters. The number of nitrogens with one attached hydrogen (secondary N) is 1. The van der Waals surface area contributed by atoms with Crippen LogP contribution >= 0.6 is 11.6 Å². The molecule has 0 spiro atoms. The SMILES string of the molecule is C=Cc1ccc(CCC(F)(Cc2ccc(Cl)cc2)c2cn[nH]c2C(F)(F)F)cc1C. The minimum atomic E-state index is -4.73. The van der Waals surface area contributed by atoms with E-state index in [4.69, 9.17) is 11.6 Å². The lowest BCUT2D eigenvalue weighted by molar-refractivity contribution is -0.143. The molecule has 0 aliphatic carbocycles.